The summed E-state index contributed by atoms with van der Waals surface area (Å²) < 4.78 is 5.41. The number of nitro groups is 1. The van der Waals surface area contributed by atoms with Crippen LogP contribution in [0, 0.1) is 26.9 Å². The summed E-state index contributed by atoms with van der Waals surface area (Å²) in [6.07, 6.45) is 2.84. The molecule has 0 radical (unpaired) electrons. The van der Waals surface area contributed by atoms with Crippen molar-refractivity contribution in [2.24, 2.45) is 5.41 Å². The lowest BCUT2D eigenvalue weighted by Crippen LogP contribution is -2.08. The Kier molecular flexibility index (Phi) is 5.85. The van der Waals surface area contributed by atoms with Crippen molar-refractivity contribution < 1.29 is 14.5 Å². The average Bonchev–Trinajstić information content (AvgIpc) is 2.46. The number of hydrogen-bond donors (Lipinski definition) is 0. The number of carbonyl (C=O) groups is 1. The molecule has 0 saturated heterocycles. The minimum atomic E-state index is -0.539. The molecule has 21 heavy (non-hydrogen) atoms. The Morgan fingerprint density at radius 3 is 2.71 bits per heavy atom. The Morgan fingerprint density at radius 2 is 2.14 bits per heavy atom. The molecule has 0 aromatic heterocycles. The number of ether oxygens (including phenoxy) is 1. The number of unbranched alkanes of at least 4 members (excludes halogenated alkanes) is 1. The fourth-order valence-electron chi connectivity index (χ4n) is 1.78. The summed E-state index contributed by atoms with van der Waals surface area (Å²) in [6.45, 7) is 4.04. The standard InChI is InChI=1S/C15H18N2O4/c1-15(2,11-16)7-3-4-8-21-14-9-12(10-18)5-6-13(14)17(19)20/h5-6,9-10H,3-4,7-8H2,1-2H3. The SMILES string of the molecule is CC(C)(C#N)CCCCOc1cc(C=O)ccc1[N+](=O)[O-]. The Labute approximate surface area is 123 Å². The molecule has 0 N–H and O–H groups in total. The van der Waals surface area contributed by atoms with Crippen LogP contribution in [0.25, 0.3) is 0 Å². The molecule has 0 aliphatic carbocycles. The van der Waals surface area contributed by atoms with E-state index in [1.54, 1.807) is 0 Å². The molecule has 6 nitrogen and oxygen atoms in total. The Hall–Kier alpha value is -2.42. The Bertz CT molecular complexity index is 561. The molecular formula is C15H18N2O4. The number of nitro benzene ring substituents is 1. The molecule has 0 fully saturated rings. The first-order valence-corrected chi connectivity index (χ1v) is 6.67. The molecule has 0 atom stereocenters. The third-order valence-electron chi connectivity index (χ3n) is 3.07. The summed E-state index contributed by atoms with van der Waals surface area (Å²) in [4.78, 5) is 21.0. The van der Waals surface area contributed by atoms with Crippen molar-refractivity contribution in [3.63, 3.8) is 0 Å². The van der Waals surface area contributed by atoms with Gasteiger partial charge in [0.15, 0.2) is 5.75 Å². The molecule has 0 amide bonds. The van der Waals surface area contributed by atoms with E-state index >= 15 is 0 Å². The topological polar surface area (TPSA) is 93.2 Å². The van der Waals surface area contributed by atoms with Gasteiger partial charge in [0.2, 0.25) is 0 Å². The molecule has 0 saturated carbocycles. The number of rotatable bonds is 8. The molecule has 0 aliphatic rings. The van der Waals surface area contributed by atoms with Gasteiger partial charge < -0.3 is 4.74 Å². The zero-order valence-electron chi connectivity index (χ0n) is 12.2. The molecule has 1 rings (SSSR count). The van der Waals surface area contributed by atoms with Crippen molar-refractivity contribution in [2.45, 2.75) is 33.1 Å². The van der Waals surface area contributed by atoms with E-state index in [4.69, 9.17) is 10.00 Å². The molecule has 6 heteroatoms. The molecule has 0 heterocycles. The van der Waals surface area contributed by atoms with E-state index in [-0.39, 0.29) is 16.9 Å². The van der Waals surface area contributed by atoms with Crippen molar-refractivity contribution in [3.05, 3.63) is 33.9 Å². The van der Waals surface area contributed by atoms with Crippen LogP contribution >= 0.6 is 0 Å². The molecule has 112 valence electrons. The van der Waals surface area contributed by atoms with E-state index in [0.29, 0.717) is 24.9 Å². The molecule has 1 aromatic rings. The molecule has 0 bridgehead atoms. The maximum Gasteiger partial charge on any atom is 0.310 e. The second-order valence-electron chi connectivity index (χ2n) is 5.40. The maximum atomic E-state index is 10.9. The molecule has 1 aromatic carbocycles. The van der Waals surface area contributed by atoms with Gasteiger partial charge in [-0.25, -0.2) is 0 Å². The summed E-state index contributed by atoms with van der Waals surface area (Å²) in [5.74, 6) is 0.101. The quantitative estimate of drug-likeness (QED) is 0.316. The normalized spacial score (nSPS) is 10.7. The largest absolute Gasteiger partial charge is 0.487 e. The highest BCUT2D eigenvalue weighted by Crippen LogP contribution is 2.28. The van der Waals surface area contributed by atoms with Crippen LogP contribution in [0.15, 0.2) is 18.2 Å². The minimum Gasteiger partial charge on any atom is -0.487 e. The van der Waals surface area contributed by atoms with Gasteiger partial charge in [-0.05, 0) is 45.2 Å². The van der Waals surface area contributed by atoms with Gasteiger partial charge in [-0.3, -0.25) is 14.9 Å². The first kappa shape index (κ1) is 16.6. The summed E-state index contributed by atoms with van der Waals surface area (Å²) in [6, 6.07) is 6.23. The zero-order chi connectivity index (χ0) is 15.9. The van der Waals surface area contributed by atoms with Gasteiger partial charge in [0.25, 0.3) is 0 Å². The van der Waals surface area contributed by atoms with Crippen LogP contribution in [0.4, 0.5) is 5.69 Å². The third-order valence-corrected chi connectivity index (χ3v) is 3.07. The van der Waals surface area contributed by atoms with E-state index in [2.05, 4.69) is 6.07 Å². The van der Waals surface area contributed by atoms with Gasteiger partial charge in [0, 0.05) is 11.6 Å². The smallest absolute Gasteiger partial charge is 0.310 e. The Balaban J connectivity index is 2.57. The first-order valence-electron chi connectivity index (χ1n) is 6.67. The highest BCUT2D eigenvalue weighted by molar-refractivity contribution is 5.76. The summed E-state index contributed by atoms with van der Waals surface area (Å²) in [7, 11) is 0. The third kappa shape index (κ3) is 5.22. The van der Waals surface area contributed by atoms with Gasteiger partial charge in [-0.15, -0.1) is 0 Å². The van der Waals surface area contributed by atoms with Crippen molar-refractivity contribution in [3.8, 4) is 11.8 Å². The second-order valence-corrected chi connectivity index (χ2v) is 5.40. The Morgan fingerprint density at radius 1 is 1.43 bits per heavy atom. The van der Waals surface area contributed by atoms with Gasteiger partial charge in [0.05, 0.1) is 23.0 Å². The summed E-state index contributed by atoms with van der Waals surface area (Å²) in [5.41, 5.74) is -0.192. The highest BCUT2D eigenvalue weighted by Gasteiger charge is 2.17. The van der Waals surface area contributed by atoms with Crippen molar-refractivity contribution >= 4 is 12.0 Å². The minimum absolute atomic E-state index is 0.101. The van der Waals surface area contributed by atoms with Crippen molar-refractivity contribution in [1.82, 2.24) is 0 Å². The van der Waals surface area contributed by atoms with Crippen LogP contribution in [0.3, 0.4) is 0 Å². The molecule has 0 spiro atoms. The lowest BCUT2D eigenvalue weighted by molar-refractivity contribution is -0.385. The number of aldehydes is 1. The molecule has 0 unspecified atom stereocenters. The van der Waals surface area contributed by atoms with Crippen LogP contribution in [0.2, 0.25) is 0 Å². The highest BCUT2D eigenvalue weighted by atomic mass is 16.6. The number of hydrogen-bond acceptors (Lipinski definition) is 5. The predicted molar refractivity (Wildman–Crippen MR) is 77.2 cm³/mol. The summed E-state index contributed by atoms with van der Waals surface area (Å²) in [5, 5.41) is 19.8. The van der Waals surface area contributed by atoms with Crippen molar-refractivity contribution in [1.29, 1.82) is 5.26 Å². The van der Waals surface area contributed by atoms with E-state index in [0.717, 1.165) is 12.8 Å². The van der Waals surface area contributed by atoms with Crippen LogP contribution < -0.4 is 4.74 Å². The van der Waals surface area contributed by atoms with Crippen LogP contribution in [0.1, 0.15) is 43.5 Å². The lowest BCUT2D eigenvalue weighted by Gasteiger charge is -2.14. The predicted octanol–water partition coefficient (Wildman–Crippen LogP) is 3.51. The van der Waals surface area contributed by atoms with E-state index in [9.17, 15) is 14.9 Å². The number of carbonyl (C=O) groups excluding carboxylic acids is 1. The maximum absolute atomic E-state index is 10.9. The second kappa shape index (κ2) is 7.39. The summed E-state index contributed by atoms with van der Waals surface area (Å²) >= 11 is 0. The van der Waals surface area contributed by atoms with Gasteiger partial charge in [0.1, 0.15) is 6.29 Å². The van der Waals surface area contributed by atoms with Crippen molar-refractivity contribution in [2.75, 3.05) is 6.61 Å². The first-order chi connectivity index (χ1) is 9.89. The van der Waals surface area contributed by atoms with Gasteiger partial charge in [-0.1, -0.05) is 0 Å². The van der Waals surface area contributed by atoms with E-state index in [1.807, 2.05) is 13.8 Å². The molecule has 0 aliphatic heterocycles. The fraction of sp³-hybridized carbons (Fsp3) is 0.467. The number of nitrogens with zero attached hydrogens (tertiary/aromatic N) is 2. The van der Waals surface area contributed by atoms with Crippen LogP contribution in [-0.4, -0.2) is 17.8 Å². The molecular weight excluding hydrogens is 272 g/mol. The monoisotopic (exact) mass is 290 g/mol. The van der Waals surface area contributed by atoms with E-state index in [1.165, 1.54) is 18.2 Å². The van der Waals surface area contributed by atoms with Gasteiger partial charge >= 0.3 is 5.69 Å². The zero-order valence-corrected chi connectivity index (χ0v) is 12.2. The van der Waals surface area contributed by atoms with Crippen LogP contribution in [-0.2, 0) is 0 Å². The van der Waals surface area contributed by atoms with Gasteiger partial charge in [-0.2, -0.15) is 5.26 Å². The number of nitriles is 1. The van der Waals surface area contributed by atoms with E-state index < -0.39 is 4.92 Å². The number of benzene rings is 1. The fourth-order valence-corrected chi connectivity index (χ4v) is 1.78. The average molecular weight is 290 g/mol. The van der Waals surface area contributed by atoms with Crippen LogP contribution in [0.5, 0.6) is 5.75 Å². The lowest BCUT2D eigenvalue weighted by atomic mass is 9.89.